The van der Waals surface area contributed by atoms with E-state index in [4.69, 9.17) is 0 Å². The molecule has 0 unspecified atom stereocenters. The Morgan fingerprint density at radius 2 is 2.11 bits per heavy atom. The second-order valence-corrected chi connectivity index (χ2v) is 6.64. The van der Waals surface area contributed by atoms with E-state index in [0.717, 1.165) is 35.8 Å². The number of Topliss-reactive ketones (excluding diaryl/α,β-unsaturated/α-hetero) is 1. The van der Waals surface area contributed by atoms with Crippen molar-refractivity contribution in [2.75, 3.05) is 0 Å². The summed E-state index contributed by atoms with van der Waals surface area (Å²) in [7, 11) is 0. The molecule has 0 aliphatic heterocycles. The van der Waals surface area contributed by atoms with Gasteiger partial charge in [0.2, 0.25) is 0 Å². The average molecular weight is 324 g/mol. The van der Waals surface area contributed by atoms with Gasteiger partial charge in [0, 0.05) is 39.1 Å². The molecule has 0 fully saturated rings. The number of aryl methyl sites for hydroxylation is 1. The van der Waals surface area contributed by atoms with Crippen LogP contribution in [0.1, 0.15) is 40.1 Å². The van der Waals surface area contributed by atoms with E-state index in [2.05, 4.69) is 38.1 Å². The zero-order valence-corrected chi connectivity index (χ0v) is 12.4. The predicted octanol–water partition coefficient (Wildman–Crippen LogP) is 4.27. The maximum atomic E-state index is 12.0. The Morgan fingerprint density at radius 1 is 1.28 bits per heavy atom. The Kier molecular flexibility index (Phi) is 3.39. The standard InChI is InChI=1S/C14H14BrNOS/c15-11-5-12(18-9-11)7-16-6-10-3-1-2-4-14(17)13(10)8-16/h5-6,8-9H,1-4,7H2. The predicted molar refractivity (Wildman–Crippen MR) is 77.4 cm³/mol. The molecular formula is C14H14BrNOS. The molecule has 0 aromatic carbocycles. The van der Waals surface area contributed by atoms with Gasteiger partial charge in [0.05, 0.1) is 6.54 Å². The van der Waals surface area contributed by atoms with Gasteiger partial charge in [-0.2, -0.15) is 0 Å². The van der Waals surface area contributed by atoms with Crippen molar-refractivity contribution in [2.24, 2.45) is 0 Å². The number of hydrogen-bond donors (Lipinski definition) is 0. The Morgan fingerprint density at radius 3 is 2.89 bits per heavy atom. The molecule has 0 saturated heterocycles. The van der Waals surface area contributed by atoms with Crippen LogP contribution in [0.2, 0.25) is 0 Å². The number of hydrogen-bond acceptors (Lipinski definition) is 2. The van der Waals surface area contributed by atoms with Crippen LogP contribution in [0.25, 0.3) is 0 Å². The van der Waals surface area contributed by atoms with E-state index in [1.54, 1.807) is 11.3 Å². The number of nitrogens with zero attached hydrogens (tertiary/aromatic N) is 1. The fraction of sp³-hybridized carbons (Fsp3) is 0.357. The van der Waals surface area contributed by atoms with Crippen molar-refractivity contribution in [3.8, 4) is 0 Å². The topological polar surface area (TPSA) is 22.0 Å². The SMILES string of the molecule is O=C1CCCCc2cn(Cc3cc(Br)cs3)cc21. The molecule has 3 rings (SSSR count). The first-order valence-corrected chi connectivity index (χ1v) is 7.84. The number of thiophene rings is 1. The van der Waals surface area contributed by atoms with Crippen LogP contribution in [0, 0.1) is 0 Å². The van der Waals surface area contributed by atoms with Crippen molar-refractivity contribution >= 4 is 33.0 Å². The largest absolute Gasteiger partial charge is 0.348 e. The summed E-state index contributed by atoms with van der Waals surface area (Å²) >= 11 is 5.21. The lowest BCUT2D eigenvalue weighted by Gasteiger charge is -1.99. The normalized spacial score (nSPS) is 15.5. The van der Waals surface area contributed by atoms with Gasteiger partial charge in [0.15, 0.2) is 5.78 Å². The highest BCUT2D eigenvalue weighted by atomic mass is 79.9. The van der Waals surface area contributed by atoms with Gasteiger partial charge in [0.1, 0.15) is 0 Å². The molecule has 0 atom stereocenters. The molecule has 4 heteroatoms. The molecule has 0 saturated carbocycles. The molecule has 0 radical (unpaired) electrons. The number of rotatable bonds is 2. The molecule has 2 aromatic heterocycles. The molecule has 2 heterocycles. The van der Waals surface area contributed by atoms with E-state index >= 15 is 0 Å². The number of carbonyl (C=O) groups is 1. The van der Waals surface area contributed by atoms with Gasteiger partial charge in [-0.25, -0.2) is 0 Å². The lowest BCUT2D eigenvalue weighted by Crippen LogP contribution is -1.97. The lowest BCUT2D eigenvalue weighted by molar-refractivity contribution is 0.0982. The highest BCUT2D eigenvalue weighted by Gasteiger charge is 2.17. The van der Waals surface area contributed by atoms with Crippen LogP contribution in [-0.2, 0) is 13.0 Å². The number of aromatic nitrogens is 1. The molecular weight excluding hydrogens is 310 g/mol. The van der Waals surface area contributed by atoms with Gasteiger partial charge in [-0.1, -0.05) is 0 Å². The van der Waals surface area contributed by atoms with Gasteiger partial charge in [0.25, 0.3) is 0 Å². The number of fused-ring (bicyclic) bond motifs is 1. The van der Waals surface area contributed by atoms with Crippen LogP contribution < -0.4 is 0 Å². The average Bonchev–Trinajstić information content (AvgIpc) is 2.88. The fourth-order valence-electron chi connectivity index (χ4n) is 2.45. The van der Waals surface area contributed by atoms with Gasteiger partial charge in [-0.05, 0) is 46.8 Å². The zero-order valence-electron chi connectivity index (χ0n) is 9.99. The van der Waals surface area contributed by atoms with Crippen molar-refractivity contribution < 1.29 is 4.79 Å². The molecule has 0 spiro atoms. The molecule has 0 amide bonds. The van der Waals surface area contributed by atoms with Gasteiger partial charge in [-0.15, -0.1) is 11.3 Å². The Bertz CT molecular complexity index is 584. The van der Waals surface area contributed by atoms with E-state index in [0.29, 0.717) is 12.2 Å². The van der Waals surface area contributed by atoms with Crippen LogP contribution in [0.3, 0.4) is 0 Å². The first kappa shape index (κ1) is 12.2. The third-order valence-electron chi connectivity index (χ3n) is 3.32. The number of carbonyl (C=O) groups excluding carboxylic acids is 1. The van der Waals surface area contributed by atoms with Crippen molar-refractivity contribution in [1.82, 2.24) is 4.57 Å². The minimum atomic E-state index is 0.314. The van der Waals surface area contributed by atoms with Crippen molar-refractivity contribution in [1.29, 1.82) is 0 Å². The van der Waals surface area contributed by atoms with Crippen LogP contribution in [0.5, 0.6) is 0 Å². The summed E-state index contributed by atoms with van der Waals surface area (Å²) in [5.41, 5.74) is 2.18. The monoisotopic (exact) mass is 323 g/mol. The van der Waals surface area contributed by atoms with Gasteiger partial charge in [-0.3, -0.25) is 4.79 Å². The Labute approximate surface area is 119 Å². The minimum Gasteiger partial charge on any atom is -0.348 e. The summed E-state index contributed by atoms with van der Waals surface area (Å²) in [5.74, 6) is 0.314. The summed E-state index contributed by atoms with van der Waals surface area (Å²) in [6, 6.07) is 2.14. The number of ketones is 1. The Hall–Kier alpha value is -0.870. The van der Waals surface area contributed by atoms with E-state index in [9.17, 15) is 4.79 Å². The van der Waals surface area contributed by atoms with Crippen LogP contribution in [0.15, 0.2) is 28.3 Å². The number of halogens is 1. The molecule has 0 N–H and O–H groups in total. The Balaban J connectivity index is 1.86. The molecule has 2 nitrogen and oxygen atoms in total. The molecule has 18 heavy (non-hydrogen) atoms. The molecule has 2 aromatic rings. The fourth-order valence-corrected chi connectivity index (χ4v) is 3.91. The maximum absolute atomic E-state index is 12.0. The quantitative estimate of drug-likeness (QED) is 0.756. The molecule has 1 aliphatic rings. The summed E-state index contributed by atoms with van der Waals surface area (Å²) in [6.07, 6.45) is 8.09. The summed E-state index contributed by atoms with van der Waals surface area (Å²) in [4.78, 5) is 13.3. The van der Waals surface area contributed by atoms with E-state index in [1.807, 2.05) is 6.20 Å². The first-order chi connectivity index (χ1) is 8.72. The van der Waals surface area contributed by atoms with Crippen LogP contribution >= 0.6 is 27.3 Å². The maximum Gasteiger partial charge on any atom is 0.164 e. The van der Waals surface area contributed by atoms with E-state index in [1.165, 1.54) is 10.4 Å². The van der Waals surface area contributed by atoms with Crippen LogP contribution in [-0.4, -0.2) is 10.4 Å². The second kappa shape index (κ2) is 5.02. The van der Waals surface area contributed by atoms with Crippen molar-refractivity contribution in [3.63, 3.8) is 0 Å². The summed E-state index contributed by atoms with van der Waals surface area (Å²) < 4.78 is 3.28. The van der Waals surface area contributed by atoms with Gasteiger partial charge >= 0.3 is 0 Å². The third-order valence-corrected chi connectivity index (χ3v) is 5.01. The van der Waals surface area contributed by atoms with Crippen molar-refractivity contribution in [3.05, 3.63) is 44.3 Å². The molecule has 0 bridgehead atoms. The molecule has 1 aliphatic carbocycles. The van der Waals surface area contributed by atoms with E-state index < -0.39 is 0 Å². The highest BCUT2D eigenvalue weighted by Crippen LogP contribution is 2.24. The smallest absolute Gasteiger partial charge is 0.164 e. The van der Waals surface area contributed by atoms with Crippen molar-refractivity contribution in [2.45, 2.75) is 32.2 Å². The minimum absolute atomic E-state index is 0.314. The summed E-state index contributed by atoms with van der Waals surface area (Å²) in [6.45, 7) is 0.858. The van der Waals surface area contributed by atoms with E-state index in [-0.39, 0.29) is 0 Å². The highest BCUT2D eigenvalue weighted by molar-refractivity contribution is 9.10. The second-order valence-electron chi connectivity index (χ2n) is 4.73. The van der Waals surface area contributed by atoms with Crippen LogP contribution in [0.4, 0.5) is 0 Å². The zero-order chi connectivity index (χ0) is 12.5. The molecule has 94 valence electrons. The first-order valence-electron chi connectivity index (χ1n) is 6.17. The van der Waals surface area contributed by atoms with Gasteiger partial charge < -0.3 is 4.57 Å². The summed E-state index contributed by atoms with van der Waals surface area (Å²) in [5, 5.41) is 2.09. The lowest BCUT2D eigenvalue weighted by atomic mass is 10.1. The third kappa shape index (κ3) is 2.45.